The maximum atomic E-state index is 13.1. The Morgan fingerprint density at radius 3 is 2.96 bits per heavy atom. The molecule has 0 unspecified atom stereocenters. The van der Waals surface area contributed by atoms with E-state index in [0.29, 0.717) is 25.4 Å². The molecule has 0 N–H and O–H groups in total. The average Bonchev–Trinajstić information content (AvgIpc) is 3.32. The van der Waals surface area contributed by atoms with E-state index in [1.54, 1.807) is 18.4 Å². The highest BCUT2D eigenvalue weighted by Crippen LogP contribution is 2.35. The van der Waals surface area contributed by atoms with Gasteiger partial charge in [0.15, 0.2) is 11.5 Å². The minimum absolute atomic E-state index is 0.0786. The van der Waals surface area contributed by atoms with Crippen molar-refractivity contribution in [2.75, 3.05) is 26.9 Å². The lowest BCUT2D eigenvalue weighted by molar-refractivity contribution is 0.0726. The van der Waals surface area contributed by atoms with Crippen molar-refractivity contribution in [1.82, 2.24) is 4.90 Å². The van der Waals surface area contributed by atoms with Crippen LogP contribution in [0, 0.1) is 0 Å². The van der Waals surface area contributed by atoms with Gasteiger partial charge in [-0.15, -0.1) is 11.3 Å². The Bertz CT molecular complexity index is 782. The van der Waals surface area contributed by atoms with E-state index in [4.69, 9.17) is 14.2 Å². The third-order valence-corrected chi connectivity index (χ3v) is 6.00. The molecule has 138 valence electrons. The van der Waals surface area contributed by atoms with Crippen LogP contribution in [0.2, 0.25) is 0 Å². The molecule has 1 atom stereocenters. The second-order valence-corrected chi connectivity index (χ2v) is 7.70. The van der Waals surface area contributed by atoms with Gasteiger partial charge < -0.3 is 19.1 Å². The lowest BCUT2D eigenvalue weighted by atomic mass is 10.1. The summed E-state index contributed by atoms with van der Waals surface area (Å²) in [6.45, 7) is 2.60. The van der Waals surface area contributed by atoms with E-state index >= 15 is 0 Å². The van der Waals surface area contributed by atoms with Crippen molar-refractivity contribution in [2.24, 2.45) is 0 Å². The predicted octanol–water partition coefficient (Wildman–Crippen LogP) is 4.03. The molecule has 6 heteroatoms. The van der Waals surface area contributed by atoms with Crippen molar-refractivity contribution in [1.29, 1.82) is 0 Å². The van der Waals surface area contributed by atoms with E-state index in [1.807, 2.05) is 35.2 Å². The normalized spacial score (nSPS) is 20.0. The van der Waals surface area contributed by atoms with Crippen LogP contribution in [0.15, 0.2) is 30.3 Å². The van der Waals surface area contributed by atoms with Gasteiger partial charge in [-0.1, -0.05) is 12.1 Å². The van der Waals surface area contributed by atoms with Gasteiger partial charge in [-0.2, -0.15) is 0 Å². The number of hydrogen-bond donors (Lipinski definition) is 0. The van der Waals surface area contributed by atoms with Gasteiger partial charge in [0, 0.05) is 30.1 Å². The van der Waals surface area contributed by atoms with Crippen molar-refractivity contribution in [3.05, 3.63) is 45.6 Å². The molecule has 0 saturated carbocycles. The number of para-hydroxylation sites is 1. The summed E-state index contributed by atoms with van der Waals surface area (Å²) in [5.74, 6) is 1.54. The molecule has 4 rings (SSSR count). The lowest BCUT2D eigenvalue weighted by Gasteiger charge is -2.27. The number of carbonyl (C=O) groups is 1. The smallest absolute Gasteiger partial charge is 0.264 e. The SMILES string of the molecule is COc1cccc2c1OCCCN(C(=O)c1ccc([C@@H]3CCCO3)s1)C2. The van der Waals surface area contributed by atoms with Crippen LogP contribution in [0.1, 0.15) is 45.5 Å². The van der Waals surface area contributed by atoms with E-state index in [0.717, 1.165) is 46.9 Å². The molecule has 0 bridgehead atoms. The average molecular weight is 373 g/mol. The molecule has 0 spiro atoms. The Morgan fingerprint density at radius 2 is 2.15 bits per heavy atom. The van der Waals surface area contributed by atoms with E-state index in [1.165, 1.54) is 0 Å². The second kappa shape index (κ2) is 7.68. The number of benzene rings is 1. The summed E-state index contributed by atoms with van der Waals surface area (Å²) in [5, 5.41) is 0. The van der Waals surface area contributed by atoms with Crippen LogP contribution in [0.3, 0.4) is 0 Å². The fraction of sp³-hybridized carbons (Fsp3) is 0.450. The van der Waals surface area contributed by atoms with Crippen molar-refractivity contribution in [3.63, 3.8) is 0 Å². The molecule has 1 amide bonds. The quantitative estimate of drug-likeness (QED) is 0.815. The summed E-state index contributed by atoms with van der Waals surface area (Å²) in [7, 11) is 1.64. The molecule has 5 nitrogen and oxygen atoms in total. The first kappa shape index (κ1) is 17.4. The number of hydrogen-bond acceptors (Lipinski definition) is 5. The Hall–Kier alpha value is -2.05. The van der Waals surface area contributed by atoms with Gasteiger partial charge in [0.05, 0.1) is 24.7 Å². The van der Waals surface area contributed by atoms with Crippen LogP contribution in [-0.2, 0) is 11.3 Å². The summed E-state index contributed by atoms with van der Waals surface area (Å²) in [6, 6.07) is 9.80. The first-order valence-electron chi connectivity index (χ1n) is 9.05. The summed E-state index contributed by atoms with van der Waals surface area (Å²) in [5.41, 5.74) is 0.980. The van der Waals surface area contributed by atoms with E-state index < -0.39 is 0 Å². The molecule has 1 saturated heterocycles. The Kier molecular flexibility index (Phi) is 5.13. The highest BCUT2D eigenvalue weighted by atomic mass is 32.1. The number of amides is 1. The molecule has 0 radical (unpaired) electrons. The van der Waals surface area contributed by atoms with Gasteiger partial charge in [-0.3, -0.25) is 4.79 Å². The van der Waals surface area contributed by atoms with Crippen molar-refractivity contribution >= 4 is 17.2 Å². The highest BCUT2D eigenvalue weighted by molar-refractivity contribution is 7.14. The van der Waals surface area contributed by atoms with Gasteiger partial charge in [0.2, 0.25) is 0 Å². The van der Waals surface area contributed by atoms with Gasteiger partial charge in [0.25, 0.3) is 5.91 Å². The van der Waals surface area contributed by atoms with Crippen LogP contribution in [0.25, 0.3) is 0 Å². The topological polar surface area (TPSA) is 48.0 Å². The molecule has 1 fully saturated rings. The van der Waals surface area contributed by atoms with Crippen LogP contribution < -0.4 is 9.47 Å². The zero-order chi connectivity index (χ0) is 17.9. The molecule has 1 aromatic carbocycles. The van der Waals surface area contributed by atoms with Crippen LogP contribution in [0.5, 0.6) is 11.5 Å². The van der Waals surface area contributed by atoms with E-state index in [2.05, 4.69) is 0 Å². The van der Waals surface area contributed by atoms with Gasteiger partial charge in [-0.05, 0) is 37.5 Å². The standard InChI is InChI=1S/C20H23NO4S/c1-23-16-6-2-5-14-13-21(10-4-12-25-19(14)16)20(22)18-9-8-17(26-18)15-7-3-11-24-15/h2,5-6,8-9,15H,3-4,7,10-13H2,1H3/t15-/m0/s1. The van der Waals surface area contributed by atoms with Crippen molar-refractivity contribution in [3.8, 4) is 11.5 Å². The Labute approximate surface area is 157 Å². The zero-order valence-corrected chi connectivity index (χ0v) is 15.7. The van der Waals surface area contributed by atoms with E-state index in [9.17, 15) is 4.79 Å². The lowest BCUT2D eigenvalue weighted by Crippen LogP contribution is -2.33. The van der Waals surface area contributed by atoms with Gasteiger partial charge >= 0.3 is 0 Å². The fourth-order valence-electron chi connectivity index (χ4n) is 3.50. The summed E-state index contributed by atoms with van der Waals surface area (Å²) in [6.07, 6.45) is 3.10. The largest absolute Gasteiger partial charge is 0.493 e. The Balaban J connectivity index is 1.55. The molecule has 26 heavy (non-hydrogen) atoms. The maximum Gasteiger partial charge on any atom is 0.264 e. The van der Waals surface area contributed by atoms with Crippen molar-refractivity contribution in [2.45, 2.75) is 31.9 Å². The molecule has 2 aliphatic heterocycles. The number of nitrogens with zero attached hydrogens (tertiary/aromatic N) is 1. The first-order chi connectivity index (χ1) is 12.8. The summed E-state index contributed by atoms with van der Waals surface area (Å²) < 4.78 is 17.0. The van der Waals surface area contributed by atoms with Crippen LogP contribution in [-0.4, -0.2) is 37.7 Å². The number of methoxy groups -OCH3 is 1. The maximum absolute atomic E-state index is 13.1. The highest BCUT2D eigenvalue weighted by Gasteiger charge is 2.25. The van der Waals surface area contributed by atoms with Crippen LogP contribution in [0.4, 0.5) is 0 Å². The number of carbonyl (C=O) groups excluding carboxylic acids is 1. The number of fused-ring (bicyclic) bond motifs is 1. The number of ether oxygens (including phenoxy) is 3. The van der Waals surface area contributed by atoms with Crippen LogP contribution >= 0.6 is 11.3 Å². The first-order valence-corrected chi connectivity index (χ1v) is 9.87. The summed E-state index contributed by atoms with van der Waals surface area (Å²) in [4.78, 5) is 16.9. The molecule has 3 heterocycles. The van der Waals surface area contributed by atoms with E-state index in [-0.39, 0.29) is 12.0 Å². The molecular formula is C20H23NO4S. The van der Waals surface area contributed by atoms with Crippen molar-refractivity contribution < 1.29 is 19.0 Å². The third-order valence-electron chi connectivity index (χ3n) is 4.83. The monoisotopic (exact) mass is 373 g/mol. The molecule has 2 aromatic rings. The minimum Gasteiger partial charge on any atom is -0.493 e. The Morgan fingerprint density at radius 1 is 1.23 bits per heavy atom. The minimum atomic E-state index is 0.0786. The van der Waals surface area contributed by atoms with Gasteiger partial charge in [0.1, 0.15) is 0 Å². The third kappa shape index (κ3) is 3.44. The molecular weight excluding hydrogens is 350 g/mol. The number of thiophene rings is 1. The fourth-order valence-corrected chi connectivity index (χ4v) is 4.56. The summed E-state index contributed by atoms with van der Waals surface area (Å²) >= 11 is 1.56. The second-order valence-electron chi connectivity index (χ2n) is 6.58. The number of rotatable bonds is 3. The molecule has 2 aliphatic rings. The molecule has 0 aliphatic carbocycles. The molecule has 1 aromatic heterocycles. The zero-order valence-electron chi connectivity index (χ0n) is 14.9. The predicted molar refractivity (Wildman–Crippen MR) is 100 cm³/mol. The van der Waals surface area contributed by atoms with Gasteiger partial charge in [-0.25, -0.2) is 0 Å².